The molecule has 1 N–H and O–H groups in total. The fourth-order valence-corrected chi connectivity index (χ4v) is 2.07. The first kappa shape index (κ1) is 30.0. The second-order valence-corrected chi connectivity index (χ2v) is 6.39. The SMILES string of the molecule is CC1=[C-]CC=C1.C[Si]C.Cc1cc(O)cc(-c2ccccc2)c1.Cl.Cl.[Ti]. The number of benzene rings is 2. The number of phenols is 1. The molecule has 2 aromatic rings. The molecule has 0 aromatic heterocycles. The summed E-state index contributed by atoms with van der Waals surface area (Å²) in [6, 6.07) is 15.6. The molecule has 26 heavy (non-hydrogen) atoms. The minimum absolute atomic E-state index is 0. The predicted octanol–water partition coefficient (Wildman–Crippen LogP) is 6.69. The van der Waals surface area contributed by atoms with Crippen molar-refractivity contribution in [2.75, 3.05) is 0 Å². The van der Waals surface area contributed by atoms with Crippen molar-refractivity contribution in [2.45, 2.75) is 33.4 Å². The van der Waals surface area contributed by atoms with Crippen LogP contribution in [-0.2, 0) is 21.7 Å². The number of hydrogen-bond acceptors (Lipinski definition) is 1. The Bertz CT molecular complexity index is 635. The summed E-state index contributed by atoms with van der Waals surface area (Å²) < 4.78 is 0. The molecular weight excluding hydrogens is 415 g/mol. The van der Waals surface area contributed by atoms with Crippen LogP contribution in [0.1, 0.15) is 18.9 Å². The van der Waals surface area contributed by atoms with Crippen molar-refractivity contribution in [2.24, 2.45) is 0 Å². The van der Waals surface area contributed by atoms with Crippen LogP contribution in [0.2, 0.25) is 13.1 Å². The molecule has 5 heteroatoms. The number of aryl methyl sites for hydroxylation is 1. The van der Waals surface area contributed by atoms with Crippen LogP contribution in [0.3, 0.4) is 0 Å². The maximum Gasteiger partial charge on any atom is 0.116 e. The van der Waals surface area contributed by atoms with Crippen LogP contribution in [0.25, 0.3) is 11.1 Å². The van der Waals surface area contributed by atoms with E-state index in [-0.39, 0.29) is 46.5 Å². The van der Waals surface area contributed by atoms with Crippen molar-refractivity contribution in [1.29, 1.82) is 0 Å². The smallest absolute Gasteiger partial charge is 0.116 e. The molecule has 0 spiro atoms. The molecule has 0 fully saturated rings. The molecule has 0 amide bonds. The summed E-state index contributed by atoms with van der Waals surface area (Å²) in [5.41, 5.74) is 4.54. The minimum atomic E-state index is 0. The Kier molecular flexibility index (Phi) is 20.3. The minimum Gasteiger partial charge on any atom is -0.508 e. The summed E-state index contributed by atoms with van der Waals surface area (Å²) in [7, 11) is 1.08. The summed E-state index contributed by atoms with van der Waals surface area (Å²) >= 11 is 0. The van der Waals surface area contributed by atoms with Crippen LogP contribution < -0.4 is 0 Å². The van der Waals surface area contributed by atoms with E-state index in [1.54, 1.807) is 12.1 Å². The maximum atomic E-state index is 9.46. The zero-order valence-corrected chi connectivity index (χ0v) is 19.9. The number of hydrogen-bond donors (Lipinski definition) is 1. The monoisotopic (exact) mass is 441 g/mol. The Morgan fingerprint density at radius 3 is 1.88 bits per heavy atom. The Labute approximate surface area is 188 Å². The van der Waals surface area contributed by atoms with Gasteiger partial charge in [0.25, 0.3) is 0 Å². The summed E-state index contributed by atoms with van der Waals surface area (Å²) in [5, 5.41) is 9.46. The van der Waals surface area contributed by atoms with Crippen molar-refractivity contribution in [3.05, 3.63) is 77.9 Å². The Balaban J connectivity index is -0.000000376. The van der Waals surface area contributed by atoms with E-state index in [1.807, 2.05) is 37.3 Å². The van der Waals surface area contributed by atoms with Gasteiger partial charge in [-0.2, -0.15) is 6.08 Å². The van der Waals surface area contributed by atoms with Gasteiger partial charge < -0.3 is 5.11 Å². The zero-order chi connectivity index (χ0) is 17.1. The van der Waals surface area contributed by atoms with Gasteiger partial charge in [0.15, 0.2) is 0 Å². The molecule has 2 radical (unpaired) electrons. The largest absolute Gasteiger partial charge is 0.508 e. The molecule has 0 saturated heterocycles. The molecule has 2 aromatic carbocycles. The fourth-order valence-electron chi connectivity index (χ4n) is 2.07. The topological polar surface area (TPSA) is 20.2 Å². The number of aromatic hydroxyl groups is 1. The van der Waals surface area contributed by atoms with E-state index in [0.717, 1.165) is 32.6 Å². The van der Waals surface area contributed by atoms with Crippen molar-refractivity contribution >= 4 is 34.3 Å². The van der Waals surface area contributed by atoms with Gasteiger partial charge >= 0.3 is 0 Å². The molecule has 3 rings (SSSR count). The van der Waals surface area contributed by atoms with E-state index in [1.165, 1.54) is 5.57 Å². The first-order valence-electron chi connectivity index (χ1n) is 7.75. The van der Waals surface area contributed by atoms with Gasteiger partial charge in [-0.3, -0.25) is 6.08 Å². The standard InChI is InChI=1S/C13H12O.C6H7.C2H6Si.2ClH.Ti/c1-10-7-12(9-13(14)8-10)11-5-3-2-4-6-11;1-6-4-2-3-5-6;1-3-2;;;/h2-9,14H,1H3;2,4H,3H2,1H3;1-2H3;2*1H;/q;-1;;;;. The van der Waals surface area contributed by atoms with E-state index in [4.69, 9.17) is 0 Å². The number of allylic oxidation sites excluding steroid dienone is 4. The molecule has 0 bridgehead atoms. The third-order valence-electron chi connectivity index (χ3n) is 3.04. The van der Waals surface area contributed by atoms with Crippen LogP contribution >= 0.6 is 24.8 Å². The van der Waals surface area contributed by atoms with Crippen LogP contribution in [0.5, 0.6) is 5.75 Å². The van der Waals surface area contributed by atoms with Crippen molar-refractivity contribution in [1.82, 2.24) is 0 Å². The molecule has 0 aliphatic heterocycles. The van der Waals surface area contributed by atoms with Crippen molar-refractivity contribution in [3.63, 3.8) is 0 Å². The van der Waals surface area contributed by atoms with Crippen LogP contribution in [-0.4, -0.2) is 14.6 Å². The first-order chi connectivity index (χ1) is 11.1. The Morgan fingerprint density at radius 2 is 1.50 bits per heavy atom. The molecule has 140 valence electrons. The number of halogens is 2. The molecule has 1 aliphatic rings. The molecule has 0 unspecified atom stereocenters. The molecular formula is C21H27Cl2OSiTi-. The molecule has 1 aliphatic carbocycles. The van der Waals surface area contributed by atoms with Crippen LogP contribution in [0.15, 0.2) is 66.3 Å². The summed E-state index contributed by atoms with van der Waals surface area (Å²) in [6.45, 7) is 8.34. The molecule has 0 atom stereocenters. The van der Waals surface area contributed by atoms with E-state index in [2.05, 4.69) is 44.3 Å². The normalized spacial score (nSPS) is 10.4. The number of rotatable bonds is 1. The zero-order valence-electron chi connectivity index (χ0n) is 15.7. The Hall–Kier alpha value is -0.769. The summed E-state index contributed by atoms with van der Waals surface area (Å²) in [5.74, 6) is 0.323. The molecule has 0 heterocycles. The average Bonchev–Trinajstić information content (AvgIpc) is 3.00. The van der Waals surface area contributed by atoms with Crippen molar-refractivity contribution < 1.29 is 26.8 Å². The van der Waals surface area contributed by atoms with E-state index in [9.17, 15) is 5.11 Å². The van der Waals surface area contributed by atoms with Gasteiger partial charge in [-0.05, 0) is 35.7 Å². The molecule has 1 nitrogen and oxygen atoms in total. The average molecular weight is 442 g/mol. The third-order valence-corrected chi connectivity index (χ3v) is 3.04. The van der Waals surface area contributed by atoms with Gasteiger partial charge in [0.2, 0.25) is 0 Å². The van der Waals surface area contributed by atoms with Crippen LogP contribution in [0.4, 0.5) is 0 Å². The maximum absolute atomic E-state index is 9.46. The second kappa shape index (κ2) is 17.6. The van der Waals surface area contributed by atoms with E-state index >= 15 is 0 Å². The number of phenolic OH excluding ortho intramolecular Hbond substituents is 1. The van der Waals surface area contributed by atoms with E-state index < -0.39 is 0 Å². The van der Waals surface area contributed by atoms with Gasteiger partial charge in [0, 0.05) is 31.2 Å². The summed E-state index contributed by atoms with van der Waals surface area (Å²) in [6.07, 6.45) is 8.33. The van der Waals surface area contributed by atoms with Gasteiger partial charge in [0.05, 0.1) is 0 Å². The quantitative estimate of drug-likeness (QED) is 0.385. The van der Waals surface area contributed by atoms with Gasteiger partial charge in [0.1, 0.15) is 5.75 Å². The Morgan fingerprint density at radius 1 is 0.923 bits per heavy atom. The van der Waals surface area contributed by atoms with Gasteiger partial charge in [-0.25, -0.2) is 11.6 Å². The predicted molar refractivity (Wildman–Crippen MR) is 116 cm³/mol. The first-order valence-corrected chi connectivity index (χ1v) is 9.75. The molecule has 0 saturated carbocycles. The van der Waals surface area contributed by atoms with Gasteiger partial charge in [-0.15, -0.1) is 31.2 Å². The van der Waals surface area contributed by atoms with Crippen LogP contribution in [0, 0.1) is 13.0 Å². The second-order valence-electron chi connectivity index (χ2n) is 5.39. The van der Waals surface area contributed by atoms with Gasteiger partial charge in [-0.1, -0.05) is 56.4 Å². The fraction of sp³-hybridized carbons (Fsp3) is 0.238. The summed E-state index contributed by atoms with van der Waals surface area (Å²) in [4.78, 5) is 0. The van der Waals surface area contributed by atoms with Crippen molar-refractivity contribution in [3.8, 4) is 16.9 Å². The van der Waals surface area contributed by atoms with E-state index in [0.29, 0.717) is 5.75 Å². The third kappa shape index (κ3) is 12.6.